The molecule has 3 heteroatoms. The zero-order valence-corrected chi connectivity index (χ0v) is 11.2. The van der Waals surface area contributed by atoms with Crippen LogP contribution in [0.15, 0.2) is 24.3 Å². The summed E-state index contributed by atoms with van der Waals surface area (Å²) in [6.45, 7) is 4.81. The molecule has 18 heavy (non-hydrogen) atoms. The fourth-order valence-electron chi connectivity index (χ4n) is 2.72. The summed E-state index contributed by atoms with van der Waals surface area (Å²) in [6, 6.07) is 8.00. The lowest BCUT2D eigenvalue weighted by molar-refractivity contribution is 0.0583. The van der Waals surface area contributed by atoms with Crippen molar-refractivity contribution in [3.63, 3.8) is 0 Å². The van der Waals surface area contributed by atoms with Gasteiger partial charge in [0.15, 0.2) is 0 Å². The summed E-state index contributed by atoms with van der Waals surface area (Å²) >= 11 is 0. The largest absolute Gasteiger partial charge is 0.334 e. The van der Waals surface area contributed by atoms with E-state index in [-0.39, 0.29) is 18.0 Å². The smallest absolute Gasteiger partial charge is 0.254 e. The van der Waals surface area contributed by atoms with Crippen LogP contribution in [0.25, 0.3) is 0 Å². The van der Waals surface area contributed by atoms with Crippen molar-refractivity contribution in [3.05, 3.63) is 35.4 Å². The first-order chi connectivity index (χ1) is 8.61. The predicted octanol–water partition coefficient (Wildman–Crippen LogP) is 2.34. The van der Waals surface area contributed by atoms with Crippen LogP contribution in [0.2, 0.25) is 0 Å². The van der Waals surface area contributed by atoms with Gasteiger partial charge >= 0.3 is 0 Å². The Labute approximate surface area is 109 Å². The van der Waals surface area contributed by atoms with Gasteiger partial charge in [0.2, 0.25) is 0 Å². The Kier molecular flexibility index (Phi) is 4.02. The maximum absolute atomic E-state index is 12.6. The molecule has 0 radical (unpaired) electrons. The number of benzene rings is 1. The molecule has 3 nitrogen and oxygen atoms in total. The Balaban J connectivity index is 2.24. The molecule has 1 aliphatic rings. The van der Waals surface area contributed by atoms with Gasteiger partial charge in [-0.2, -0.15) is 0 Å². The van der Waals surface area contributed by atoms with Gasteiger partial charge in [0.1, 0.15) is 0 Å². The predicted molar refractivity (Wildman–Crippen MR) is 73.5 cm³/mol. The van der Waals surface area contributed by atoms with Crippen LogP contribution in [0.5, 0.6) is 0 Å². The highest BCUT2D eigenvalue weighted by atomic mass is 16.2. The highest BCUT2D eigenvalue weighted by Crippen LogP contribution is 2.22. The number of hydrogen-bond donors (Lipinski definition) is 1. The molecule has 2 atom stereocenters. The Hall–Kier alpha value is -1.35. The van der Waals surface area contributed by atoms with Crippen molar-refractivity contribution in [2.24, 2.45) is 5.73 Å². The summed E-state index contributed by atoms with van der Waals surface area (Å²) in [5.74, 6) is 0.134. The Morgan fingerprint density at radius 1 is 1.39 bits per heavy atom. The summed E-state index contributed by atoms with van der Waals surface area (Å²) in [6.07, 6.45) is 3.28. The van der Waals surface area contributed by atoms with Crippen molar-refractivity contribution in [2.45, 2.75) is 45.2 Å². The third kappa shape index (κ3) is 2.56. The van der Waals surface area contributed by atoms with Crippen LogP contribution < -0.4 is 5.73 Å². The molecule has 0 spiro atoms. The van der Waals surface area contributed by atoms with E-state index in [1.165, 1.54) is 6.42 Å². The van der Waals surface area contributed by atoms with Crippen LogP contribution in [-0.4, -0.2) is 29.4 Å². The number of carbonyl (C=O) groups excluding carboxylic acids is 1. The van der Waals surface area contributed by atoms with Crippen molar-refractivity contribution in [1.29, 1.82) is 0 Å². The Morgan fingerprint density at radius 2 is 2.11 bits per heavy atom. The maximum atomic E-state index is 12.6. The summed E-state index contributed by atoms with van der Waals surface area (Å²) in [5.41, 5.74) is 7.87. The van der Waals surface area contributed by atoms with Gasteiger partial charge in [-0.1, -0.05) is 18.2 Å². The SMILES string of the molecule is Cc1ccccc1C(=O)N1CCCCC1C(C)N. The first kappa shape index (κ1) is 13.1. The summed E-state index contributed by atoms with van der Waals surface area (Å²) in [4.78, 5) is 14.6. The lowest BCUT2D eigenvalue weighted by atomic mass is 9.95. The van der Waals surface area contributed by atoms with E-state index < -0.39 is 0 Å². The Morgan fingerprint density at radius 3 is 2.78 bits per heavy atom. The van der Waals surface area contributed by atoms with Gasteiger partial charge in [-0.3, -0.25) is 4.79 Å². The first-order valence-corrected chi connectivity index (χ1v) is 6.73. The van der Waals surface area contributed by atoms with Crippen LogP contribution in [0, 0.1) is 6.92 Å². The van der Waals surface area contributed by atoms with Gasteiger partial charge < -0.3 is 10.6 Å². The van der Waals surface area contributed by atoms with Crippen LogP contribution in [0.1, 0.15) is 42.1 Å². The third-order valence-electron chi connectivity index (χ3n) is 3.79. The minimum Gasteiger partial charge on any atom is -0.334 e. The standard InChI is InChI=1S/C15H22N2O/c1-11-7-3-4-8-13(11)15(18)17-10-6-5-9-14(17)12(2)16/h3-4,7-8,12,14H,5-6,9-10,16H2,1-2H3. The second-order valence-corrected chi connectivity index (χ2v) is 5.24. The van der Waals surface area contributed by atoms with Gasteiger partial charge in [0.25, 0.3) is 5.91 Å². The van der Waals surface area contributed by atoms with E-state index in [0.717, 1.165) is 30.5 Å². The number of hydrogen-bond acceptors (Lipinski definition) is 2. The number of amides is 1. The fourth-order valence-corrected chi connectivity index (χ4v) is 2.72. The average Bonchev–Trinajstić information content (AvgIpc) is 2.38. The maximum Gasteiger partial charge on any atom is 0.254 e. The molecular weight excluding hydrogens is 224 g/mol. The highest BCUT2D eigenvalue weighted by Gasteiger charge is 2.30. The molecule has 1 aromatic carbocycles. The molecule has 1 aromatic rings. The molecule has 0 saturated carbocycles. The Bertz CT molecular complexity index is 428. The molecule has 0 bridgehead atoms. The molecule has 1 fully saturated rings. The minimum atomic E-state index is 0.0401. The zero-order valence-electron chi connectivity index (χ0n) is 11.2. The van der Waals surface area contributed by atoms with Crippen molar-refractivity contribution in [2.75, 3.05) is 6.54 Å². The van der Waals surface area contributed by atoms with E-state index >= 15 is 0 Å². The van der Waals surface area contributed by atoms with E-state index in [1.807, 2.05) is 43.0 Å². The number of nitrogens with zero attached hydrogens (tertiary/aromatic N) is 1. The zero-order chi connectivity index (χ0) is 13.1. The van der Waals surface area contributed by atoms with Crippen molar-refractivity contribution < 1.29 is 4.79 Å². The monoisotopic (exact) mass is 246 g/mol. The van der Waals surface area contributed by atoms with Gasteiger partial charge in [-0.05, 0) is 44.7 Å². The molecule has 0 aromatic heterocycles. The van der Waals surface area contributed by atoms with Crippen LogP contribution >= 0.6 is 0 Å². The van der Waals surface area contributed by atoms with Gasteiger partial charge in [0.05, 0.1) is 0 Å². The number of likely N-dealkylation sites (tertiary alicyclic amines) is 1. The van der Waals surface area contributed by atoms with E-state index in [0.29, 0.717) is 0 Å². The van der Waals surface area contributed by atoms with Crippen molar-refractivity contribution in [3.8, 4) is 0 Å². The average molecular weight is 246 g/mol. The molecule has 1 amide bonds. The van der Waals surface area contributed by atoms with E-state index in [1.54, 1.807) is 0 Å². The van der Waals surface area contributed by atoms with Crippen LogP contribution in [-0.2, 0) is 0 Å². The number of piperidine rings is 1. The summed E-state index contributed by atoms with van der Waals surface area (Å²) < 4.78 is 0. The van der Waals surface area contributed by atoms with Gasteiger partial charge in [0, 0.05) is 24.2 Å². The van der Waals surface area contributed by atoms with Gasteiger partial charge in [-0.15, -0.1) is 0 Å². The van der Waals surface area contributed by atoms with E-state index in [9.17, 15) is 4.79 Å². The molecule has 2 rings (SSSR count). The van der Waals surface area contributed by atoms with E-state index in [2.05, 4.69) is 0 Å². The lowest BCUT2D eigenvalue weighted by Crippen LogP contribution is -2.51. The third-order valence-corrected chi connectivity index (χ3v) is 3.79. The molecule has 2 N–H and O–H groups in total. The molecule has 1 saturated heterocycles. The molecule has 0 aliphatic carbocycles. The number of rotatable bonds is 2. The highest BCUT2D eigenvalue weighted by molar-refractivity contribution is 5.95. The first-order valence-electron chi connectivity index (χ1n) is 6.73. The molecule has 2 unspecified atom stereocenters. The van der Waals surface area contributed by atoms with Crippen molar-refractivity contribution >= 4 is 5.91 Å². The second kappa shape index (κ2) is 5.53. The number of aryl methyl sites for hydroxylation is 1. The molecule has 1 heterocycles. The number of nitrogens with two attached hydrogens (primary N) is 1. The summed E-state index contributed by atoms with van der Waals surface area (Å²) in [7, 11) is 0. The van der Waals surface area contributed by atoms with E-state index in [4.69, 9.17) is 5.73 Å². The lowest BCUT2D eigenvalue weighted by Gasteiger charge is -2.38. The fraction of sp³-hybridized carbons (Fsp3) is 0.533. The normalized spacial score (nSPS) is 21.7. The quantitative estimate of drug-likeness (QED) is 0.870. The minimum absolute atomic E-state index is 0.0401. The number of carbonyl (C=O) groups is 1. The molecular formula is C15H22N2O. The van der Waals surface area contributed by atoms with Crippen LogP contribution in [0.4, 0.5) is 0 Å². The molecule has 98 valence electrons. The molecule has 1 aliphatic heterocycles. The van der Waals surface area contributed by atoms with Crippen LogP contribution in [0.3, 0.4) is 0 Å². The second-order valence-electron chi connectivity index (χ2n) is 5.24. The topological polar surface area (TPSA) is 46.3 Å². The van der Waals surface area contributed by atoms with Crippen molar-refractivity contribution in [1.82, 2.24) is 4.90 Å². The van der Waals surface area contributed by atoms with Gasteiger partial charge in [-0.25, -0.2) is 0 Å². The summed E-state index contributed by atoms with van der Waals surface area (Å²) in [5, 5.41) is 0.